The van der Waals surface area contributed by atoms with Gasteiger partial charge in [-0.25, -0.2) is 4.79 Å². The third kappa shape index (κ3) is 4.05. The van der Waals surface area contributed by atoms with Crippen molar-refractivity contribution in [2.45, 2.75) is 6.92 Å². The highest BCUT2D eigenvalue weighted by molar-refractivity contribution is 7.80. The van der Waals surface area contributed by atoms with Crippen molar-refractivity contribution in [2.75, 3.05) is 4.90 Å². The summed E-state index contributed by atoms with van der Waals surface area (Å²) in [6.45, 7) is 1.77. The van der Waals surface area contributed by atoms with Crippen LogP contribution in [0.1, 0.15) is 21.7 Å². The number of hydrogen-bond donors (Lipinski definition) is 2. The number of anilines is 1. The Balaban J connectivity index is 1.66. The van der Waals surface area contributed by atoms with Crippen molar-refractivity contribution < 1.29 is 23.9 Å². The zero-order valence-electron chi connectivity index (χ0n) is 16.6. The van der Waals surface area contributed by atoms with E-state index in [1.54, 1.807) is 55.5 Å². The number of carboxylic acids is 1. The summed E-state index contributed by atoms with van der Waals surface area (Å²) in [7, 11) is 0. The lowest BCUT2D eigenvalue weighted by atomic mass is 10.0. The molecule has 2 amide bonds. The maximum Gasteiger partial charge on any atom is 0.335 e. The van der Waals surface area contributed by atoms with E-state index in [1.165, 1.54) is 17.0 Å². The lowest BCUT2D eigenvalue weighted by molar-refractivity contribution is -0.122. The molecule has 160 valence electrons. The molecule has 0 aliphatic carbocycles. The van der Waals surface area contributed by atoms with Gasteiger partial charge in [-0.15, -0.1) is 0 Å². The van der Waals surface area contributed by atoms with E-state index in [1.807, 2.05) is 0 Å². The molecule has 0 spiro atoms. The van der Waals surface area contributed by atoms with Crippen LogP contribution in [-0.2, 0) is 9.59 Å². The van der Waals surface area contributed by atoms with E-state index in [0.717, 1.165) is 0 Å². The largest absolute Gasteiger partial charge is 0.478 e. The molecule has 32 heavy (non-hydrogen) atoms. The van der Waals surface area contributed by atoms with Gasteiger partial charge in [-0.2, -0.15) is 0 Å². The van der Waals surface area contributed by atoms with Gasteiger partial charge in [0.1, 0.15) is 17.1 Å². The molecule has 1 aliphatic heterocycles. The number of nitrogens with one attached hydrogen (secondary N) is 1. The van der Waals surface area contributed by atoms with Crippen molar-refractivity contribution in [2.24, 2.45) is 0 Å². The van der Waals surface area contributed by atoms with Gasteiger partial charge in [0.2, 0.25) is 0 Å². The zero-order valence-corrected chi connectivity index (χ0v) is 18.2. The summed E-state index contributed by atoms with van der Waals surface area (Å²) in [4.78, 5) is 37.8. The molecule has 2 N–H and O–H groups in total. The van der Waals surface area contributed by atoms with Crippen LogP contribution < -0.4 is 10.2 Å². The first kappa shape index (κ1) is 21.5. The van der Waals surface area contributed by atoms with Crippen molar-refractivity contribution in [3.05, 3.63) is 82.1 Å². The van der Waals surface area contributed by atoms with E-state index in [9.17, 15) is 14.4 Å². The van der Waals surface area contributed by atoms with Crippen LogP contribution in [0.25, 0.3) is 17.4 Å². The van der Waals surface area contributed by atoms with E-state index in [4.69, 9.17) is 33.3 Å². The van der Waals surface area contributed by atoms with Gasteiger partial charge in [-0.1, -0.05) is 17.7 Å². The highest BCUT2D eigenvalue weighted by atomic mass is 35.5. The molecule has 1 aromatic heterocycles. The molecule has 0 atom stereocenters. The summed E-state index contributed by atoms with van der Waals surface area (Å²) in [5.41, 5.74) is 1.90. The van der Waals surface area contributed by atoms with Gasteiger partial charge in [0.05, 0.1) is 11.3 Å². The highest BCUT2D eigenvalue weighted by Gasteiger charge is 2.34. The second-order valence-electron chi connectivity index (χ2n) is 6.97. The fourth-order valence-electron chi connectivity index (χ4n) is 3.27. The van der Waals surface area contributed by atoms with E-state index >= 15 is 0 Å². The third-order valence-electron chi connectivity index (χ3n) is 4.84. The Kier molecular flexibility index (Phi) is 5.65. The van der Waals surface area contributed by atoms with Crippen LogP contribution in [0.2, 0.25) is 5.02 Å². The van der Waals surface area contributed by atoms with E-state index in [0.29, 0.717) is 27.6 Å². The van der Waals surface area contributed by atoms with Crippen molar-refractivity contribution in [3.63, 3.8) is 0 Å². The lowest BCUT2D eigenvalue weighted by Gasteiger charge is -2.28. The molecule has 0 radical (unpaired) electrons. The highest BCUT2D eigenvalue weighted by Crippen LogP contribution is 2.28. The number of carbonyl (C=O) groups is 3. The second kappa shape index (κ2) is 8.41. The monoisotopic (exact) mass is 466 g/mol. The zero-order chi connectivity index (χ0) is 23.0. The minimum absolute atomic E-state index is 0.0336. The number of nitrogens with zero attached hydrogens (tertiary/aromatic N) is 1. The Hall–Kier alpha value is -3.75. The van der Waals surface area contributed by atoms with Crippen molar-refractivity contribution in [3.8, 4) is 11.3 Å². The predicted octanol–water partition coefficient (Wildman–Crippen LogP) is 4.44. The van der Waals surface area contributed by atoms with E-state index < -0.39 is 17.8 Å². The number of carboxylic acid groups (broad SMARTS) is 1. The average Bonchev–Trinajstić information content (AvgIpc) is 3.20. The Morgan fingerprint density at radius 3 is 2.50 bits per heavy atom. The number of thiocarbonyl (C=S) groups is 1. The maximum absolute atomic E-state index is 13.0. The Bertz CT molecular complexity index is 1310. The van der Waals surface area contributed by atoms with Crippen LogP contribution in [0.3, 0.4) is 0 Å². The number of aryl methyl sites for hydroxylation is 1. The van der Waals surface area contributed by atoms with E-state index in [-0.39, 0.29) is 22.0 Å². The van der Waals surface area contributed by atoms with Gasteiger partial charge in [0, 0.05) is 10.6 Å². The number of aromatic carboxylic acids is 1. The van der Waals surface area contributed by atoms with Crippen LogP contribution in [0.15, 0.2) is 64.6 Å². The molecular formula is C23H15ClN2O5S. The molecule has 2 heterocycles. The predicted molar refractivity (Wildman–Crippen MR) is 123 cm³/mol. The van der Waals surface area contributed by atoms with Gasteiger partial charge in [-0.3, -0.25) is 19.8 Å². The van der Waals surface area contributed by atoms with Crippen LogP contribution in [0, 0.1) is 6.92 Å². The fraction of sp³-hybridized carbons (Fsp3) is 0.0435. The number of hydrogen-bond acceptors (Lipinski definition) is 5. The lowest BCUT2D eigenvalue weighted by Crippen LogP contribution is -2.54. The van der Waals surface area contributed by atoms with Gasteiger partial charge in [0.15, 0.2) is 5.11 Å². The van der Waals surface area contributed by atoms with Crippen molar-refractivity contribution in [1.82, 2.24) is 5.32 Å². The topological polar surface area (TPSA) is 99.8 Å². The first-order chi connectivity index (χ1) is 15.2. The molecular weight excluding hydrogens is 452 g/mol. The molecule has 0 unspecified atom stereocenters. The summed E-state index contributed by atoms with van der Waals surface area (Å²) in [5.74, 6) is -1.50. The summed E-state index contributed by atoms with van der Waals surface area (Å²) in [6, 6.07) is 14.4. The number of furan rings is 1. The molecule has 4 rings (SSSR count). The molecule has 1 aliphatic rings. The SMILES string of the molecule is Cc1cc(C(=O)O)ccc1-c1ccc(/C=C2\C(=O)NC(=S)N(c3ccc(Cl)cc3)C2=O)o1. The summed E-state index contributed by atoms with van der Waals surface area (Å²) >= 11 is 11.1. The van der Waals surface area contributed by atoms with E-state index in [2.05, 4.69) is 5.32 Å². The quantitative estimate of drug-likeness (QED) is 0.335. The Labute approximate surface area is 192 Å². The van der Waals surface area contributed by atoms with Crippen LogP contribution in [0.4, 0.5) is 5.69 Å². The number of rotatable bonds is 4. The van der Waals surface area contributed by atoms with Crippen LogP contribution in [0.5, 0.6) is 0 Å². The first-order valence-corrected chi connectivity index (χ1v) is 10.1. The van der Waals surface area contributed by atoms with Gasteiger partial charge < -0.3 is 9.52 Å². The summed E-state index contributed by atoms with van der Waals surface area (Å²) in [6.07, 6.45) is 1.34. The van der Waals surface area contributed by atoms with Gasteiger partial charge in [-0.05, 0) is 79.3 Å². The fourth-order valence-corrected chi connectivity index (χ4v) is 3.68. The van der Waals surface area contributed by atoms with Crippen molar-refractivity contribution >= 4 is 58.5 Å². The molecule has 1 fully saturated rings. The number of carbonyl (C=O) groups excluding carboxylic acids is 2. The van der Waals surface area contributed by atoms with Crippen LogP contribution >= 0.6 is 23.8 Å². The third-order valence-corrected chi connectivity index (χ3v) is 5.38. The number of benzene rings is 2. The standard InChI is InChI=1S/C23H15ClN2O5S/c1-12-10-13(22(29)30)2-8-17(12)19-9-7-16(31-19)11-18-20(27)25-23(32)26(21(18)28)15-5-3-14(24)4-6-15/h2-11H,1H3,(H,29,30)(H,25,27,32)/b18-11+. The summed E-state index contributed by atoms with van der Waals surface area (Å²) in [5, 5.41) is 12.1. The molecule has 7 nitrogen and oxygen atoms in total. The molecule has 1 saturated heterocycles. The minimum Gasteiger partial charge on any atom is -0.478 e. The first-order valence-electron chi connectivity index (χ1n) is 9.36. The Morgan fingerprint density at radius 1 is 1.12 bits per heavy atom. The normalized spacial score (nSPS) is 15.2. The number of amides is 2. The molecule has 2 aromatic carbocycles. The molecule has 3 aromatic rings. The van der Waals surface area contributed by atoms with Gasteiger partial charge >= 0.3 is 5.97 Å². The van der Waals surface area contributed by atoms with Gasteiger partial charge in [0.25, 0.3) is 11.8 Å². The summed E-state index contributed by atoms with van der Waals surface area (Å²) < 4.78 is 5.81. The molecule has 0 bridgehead atoms. The molecule has 9 heteroatoms. The van der Waals surface area contributed by atoms with Crippen LogP contribution in [-0.4, -0.2) is 28.0 Å². The minimum atomic E-state index is -1.02. The maximum atomic E-state index is 13.0. The average molecular weight is 467 g/mol. The molecule has 0 saturated carbocycles. The number of halogens is 1. The Morgan fingerprint density at radius 2 is 1.84 bits per heavy atom. The van der Waals surface area contributed by atoms with Crippen molar-refractivity contribution in [1.29, 1.82) is 0 Å². The smallest absolute Gasteiger partial charge is 0.335 e. The second-order valence-corrected chi connectivity index (χ2v) is 7.79.